The number of likely N-dealkylation sites (N-methyl/N-ethyl adjacent to an activating group) is 1. The number of ether oxygens (including phenoxy) is 3. The monoisotopic (exact) mass is 279 g/mol. The van der Waals surface area contributed by atoms with Crippen molar-refractivity contribution in [2.45, 2.75) is 32.7 Å². The van der Waals surface area contributed by atoms with E-state index in [0.29, 0.717) is 19.3 Å². The Balaban J connectivity index is 1.88. The van der Waals surface area contributed by atoms with E-state index in [9.17, 15) is 0 Å². The van der Waals surface area contributed by atoms with Crippen molar-refractivity contribution in [3.05, 3.63) is 23.8 Å². The standard InChI is InChI=1S/C16H25NO3/c1-4-5-12(2)9-18-10-14(17-3)13-6-7-15-16(8-13)20-11-19-15/h6-8,12,14,17H,4-5,9-11H2,1-3H3. The third-order valence-corrected chi connectivity index (χ3v) is 3.62. The van der Waals surface area contributed by atoms with E-state index in [0.717, 1.165) is 18.1 Å². The minimum Gasteiger partial charge on any atom is -0.454 e. The second-order valence-electron chi connectivity index (χ2n) is 5.39. The van der Waals surface area contributed by atoms with Gasteiger partial charge in [0.1, 0.15) is 0 Å². The Bertz CT molecular complexity index is 422. The number of rotatable bonds is 8. The smallest absolute Gasteiger partial charge is 0.231 e. The van der Waals surface area contributed by atoms with Crippen LogP contribution < -0.4 is 14.8 Å². The van der Waals surface area contributed by atoms with Crippen LogP contribution in [0.3, 0.4) is 0 Å². The molecule has 1 heterocycles. The maximum absolute atomic E-state index is 5.84. The summed E-state index contributed by atoms with van der Waals surface area (Å²) in [5.74, 6) is 2.26. The van der Waals surface area contributed by atoms with Crippen LogP contribution in [0.25, 0.3) is 0 Å². The summed E-state index contributed by atoms with van der Waals surface area (Å²) in [5, 5.41) is 3.29. The van der Waals surface area contributed by atoms with Gasteiger partial charge in [0.25, 0.3) is 0 Å². The second kappa shape index (κ2) is 7.50. The van der Waals surface area contributed by atoms with Gasteiger partial charge >= 0.3 is 0 Å². The average Bonchev–Trinajstić information content (AvgIpc) is 2.91. The van der Waals surface area contributed by atoms with Gasteiger partial charge in [-0.2, -0.15) is 0 Å². The summed E-state index contributed by atoms with van der Waals surface area (Å²) in [6.45, 7) is 6.24. The molecule has 0 aliphatic carbocycles. The highest BCUT2D eigenvalue weighted by Crippen LogP contribution is 2.34. The van der Waals surface area contributed by atoms with Crippen LogP contribution in [0.15, 0.2) is 18.2 Å². The summed E-state index contributed by atoms with van der Waals surface area (Å²) in [5.41, 5.74) is 1.17. The van der Waals surface area contributed by atoms with E-state index in [1.165, 1.54) is 18.4 Å². The van der Waals surface area contributed by atoms with Gasteiger partial charge in [0.05, 0.1) is 12.6 Å². The summed E-state index contributed by atoms with van der Waals surface area (Å²) >= 11 is 0. The molecule has 1 N–H and O–H groups in total. The topological polar surface area (TPSA) is 39.7 Å². The molecule has 2 atom stereocenters. The Labute approximate surface area is 121 Å². The summed E-state index contributed by atoms with van der Waals surface area (Å²) < 4.78 is 16.6. The Hall–Kier alpha value is -1.26. The van der Waals surface area contributed by atoms with E-state index in [-0.39, 0.29) is 6.04 Å². The molecular weight excluding hydrogens is 254 g/mol. The minimum atomic E-state index is 0.179. The van der Waals surface area contributed by atoms with Gasteiger partial charge in [0.2, 0.25) is 6.79 Å². The van der Waals surface area contributed by atoms with Crippen LogP contribution in [-0.4, -0.2) is 27.1 Å². The molecule has 20 heavy (non-hydrogen) atoms. The van der Waals surface area contributed by atoms with E-state index in [1.807, 2.05) is 19.2 Å². The van der Waals surface area contributed by atoms with Crippen molar-refractivity contribution in [1.29, 1.82) is 0 Å². The molecule has 0 aromatic heterocycles. The maximum Gasteiger partial charge on any atom is 0.231 e. The summed E-state index contributed by atoms with van der Waals surface area (Å²) in [6.07, 6.45) is 2.43. The van der Waals surface area contributed by atoms with E-state index < -0.39 is 0 Å². The van der Waals surface area contributed by atoms with E-state index >= 15 is 0 Å². The third-order valence-electron chi connectivity index (χ3n) is 3.62. The molecule has 0 fully saturated rings. The van der Waals surface area contributed by atoms with E-state index in [2.05, 4.69) is 25.2 Å². The summed E-state index contributed by atoms with van der Waals surface area (Å²) in [6, 6.07) is 6.23. The predicted molar refractivity (Wildman–Crippen MR) is 79.3 cm³/mol. The molecule has 1 aromatic carbocycles. The van der Waals surface area contributed by atoms with Crippen molar-refractivity contribution in [3.8, 4) is 11.5 Å². The molecule has 0 saturated carbocycles. The normalized spacial score (nSPS) is 16.1. The zero-order valence-electron chi connectivity index (χ0n) is 12.6. The van der Waals surface area contributed by atoms with Crippen LogP contribution in [0.5, 0.6) is 11.5 Å². The van der Waals surface area contributed by atoms with Crippen LogP contribution in [0, 0.1) is 5.92 Å². The van der Waals surface area contributed by atoms with Gasteiger partial charge in [-0.25, -0.2) is 0 Å². The number of hydrogen-bond donors (Lipinski definition) is 1. The second-order valence-corrected chi connectivity index (χ2v) is 5.39. The Morgan fingerprint density at radius 1 is 1.25 bits per heavy atom. The molecule has 1 aliphatic heterocycles. The highest BCUT2D eigenvalue weighted by atomic mass is 16.7. The number of nitrogens with one attached hydrogen (secondary N) is 1. The molecule has 1 aliphatic rings. The molecule has 0 bridgehead atoms. The quantitative estimate of drug-likeness (QED) is 0.793. The molecule has 0 spiro atoms. The van der Waals surface area contributed by atoms with Gasteiger partial charge in [-0.15, -0.1) is 0 Å². The Kier molecular flexibility index (Phi) is 5.68. The van der Waals surface area contributed by atoms with Gasteiger partial charge in [-0.3, -0.25) is 0 Å². The number of benzene rings is 1. The molecule has 4 heteroatoms. The first kappa shape index (κ1) is 15.1. The molecule has 0 amide bonds. The lowest BCUT2D eigenvalue weighted by atomic mass is 10.1. The lowest BCUT2D eigenvalue weighted by Gasteiger charge is -2.19. The molecule has 112 valence electrons. The van der Waals surface area contributed by atoms with Gasteiger partial charge in [-0.1, -0.05) is 26.3 Å². The van der Waals surface area contributed by atoms with E-state index in [1.54, 1.807) is 0 Å². The van der Waals surface area contributed by atoms with Crippen molar-refractivity contribution in [2.24, 2.45) is 5.92 Å². The fraction of sp³-hybridized carbons (Fsp3) is 0.625. The largest absolute Gasteiger partial charge is 0.454 e. The first-order valence-electron chi connectivity index (χ1n) is 7.39. The van der Waals surface area contributed by atoms with Crippen LogP contribution in [0.1, 0.15) is 38.3 Å². The lowest BCUT2D eigenvalue weighted by Crippen LogP contribution is -2.23. The maximum atomic E-state index is 5.84. The average molecular weight is 279 g/mol. The van der Waals surface area contributed by atoms with Crippen molar-refractivity contribution in [3.63, 3.8) is 0 Å². The van der Waals surface area contributed by atoms with Crippen LogP contribution >= 0.6 is 0 Å². The zero-order valence-corrected chi connectivity index (χ0v) is 12.6. The molecule has 0 radical (unpaired) electrons. The van der Waals surface area contributed by atoms with Gasteiger partial charge in [-0.05, 0) is 37.1 Å². The van der Waals surface area contributed by atoms with Crippen molar-refractivity contribution in [2.75, 3.05) is 27.1 Å². The zero-order chi connectivity index (χ0) is 14.4. The molecule has 2 unspecified atom stereocenters. The lowest BCUT2D eigenvalue weighted by molar-refractivity contribution is 0.0848. The van der Waals surface area contributed by atoms with Crippen molar-refractivity contribution >= 4 is 0 Å². The SMILES string of the molecule is CCCC(C)COCC(NC)c1ccc2c(c1)OCO2. The van der Waals surface area contributed by atoms with Crippen molar-refractivity contribution < 1.29 is 14.2 Å². The van der Waals surface area contributed by atoms with E-state index in [4.69, 9.17) is 14.2 Å². The number of fused-ring (bicyclic) bond motifs is 1. The molecule has 2 rings (SSSR count). The number of hydrogen-bond acceptors (Lipinski definition) is 4. The fourth-order valence-electron chi connectivity index (χ4n) is 2.44. The first-order valence-corrected chi connectivity index (χ1v) is 7.39. The highest BCUT2D eigenvalue weighted by Gasteiger charge is 2.17. The molecular formula is C16H25NO3. The third kappa shape index (κ3) is 3.87. The molecule has 4 nitrogen and oxygen atoms in total. The molecule has 1 aromatic rings. The summed E-state index contributed by atoms with van der Waals surface area (Å²) in [7, 11) is 1.95. The highest BCUT2D eigenvalue weighted by molar-refractivity contribution is 5.45. The predicted octanol–water partition coefficient (Wildman–Crippen LogP) is 3.13. The Morgan fingerprint density at radius 3 is 2.80 bits per heavy atom. The van der Waals surface area contributed by atoms with Crippen LogP contribution in [-0.2, 0) is 4.74 Å². The van der Waals surface area contributed by atoms with Gasteiger partial charge in [0.15, 0.2) is 11.5 Å². The van der Waals surface area contributed by atoms with Crippen molar-refractivity contribution in [1.82, 2.24) is 5.32 Å². The Morgan fingerprint density at radius 2 is 2.05 bits per heavy atom. The van der Waals surface area contributed by atoms with Gasteiger partial charge in [0, 0.05) is 6.61 Å². The molecule has 0 saturated heterocycles. The fourth-order valence-corrected chi connectivity index (χ4v) is 2.44. The first-order chi connectivity index (χ1) is 9.74. The summed E-state index contributed by atoms with van der Waals surface area (Å²) in [4.78, 5) is 0. The van der Waals surface area contributed by atoms with Crippen LogP contribution in [0.4, 0.5) is 0 Å². The van der Waals surface area contributed by atoms with Gasteiger partial charge < -0.3 is 19.5 Å². The van der Waals surface area contributed by atoms with Crippen LogP contribution in [0.2, 0.25) is 0 Å². The minimum absolute atomic E-state index is 0.179.